The molecule has 7 heteroatoms. The van der Waals surface area contributed by atoms with Crippen LogP contribution in [0.2, 0.25) is 0 Å². The molecule has 0 unspecified atom stereocenters. The number of amides is 1. The highest BCUT2D eigenvalue weighted by Crippen LogP contribution is 2.29. The number of rotatable bonds is 3. The number of aromatic nitrogens is 1. The molecule has 0 aliphatic carbocycles. The highest BCUT2D eigenvalue weighted by molar-refractivity contribution is 5.94. The first-order valence-corrected chi connectivity index (χ1v) is 5.87. The third kappa shape index (κ3) is 4.13. The van der Waals surface area contributed by atoms with Crippen molar-refractivity contribution in [3.8, 4) is 0 Å². The van der Waals surface area contributed by atoms with Crippen molar-refractivity contribution >= 4 is 12.1 Å². The van der Waals surface area contributed by atoms with E-state index >= 15 is 0 Å². The zero-order valence-electron chi connectivity index (χ0n) is 10.6. The van der Waals surface area contributed by atoms with Crippen molar-refractivity contribution in [3.63, 3.8) is 0 Å². The Labute approximate surface area is 118 Å². The summed E-state index contributed by atoms with van der Waals surface area (Å²) in [5.41, 5.74) is 2.04. The lowest BCUT2D eigenvalue weighted by atomic mass is 10.1. The molecule has 4 nitrogen and oxygen atoms in total. The number of carbonyl (C=O) groups excluding carboxylic acids is 1. The number of carbonyl (C=O) groups is 1. The normalized spacial score (nSPS) is 11.6. The highest BCUT2D eigenvalue weighted by atomic mass is 19.4. The van der Waals surface area contributed by atoms with E-state index in [9.17, 15) is 18.0 Å². The fourth-order valence-electron chi connectivity index (χ4n) is 1.53. The Bertz CT molecular complexity index is 654. The van der Waals surface area contributed by atoms with E-state index in [0.29, 0.717) is 5.56 Å². The molecule has 1 heterocycles. The maximum absolute atomic E-state index is 12.5. The van der Waals surface area contributed by atoms with Gasteiger partial charge in [0.25, 0.3) is 5.91 Å². The van der Waals surface area contributed by atoms with Crippen LogP contribution in [0.15, 0.2) is 53.9 Å². The zero-order valence-corrected chi connectivity index (χ0v) is 10.6. The fourth-order valence-corrected chi connectivity index (χ4v) is 1.53. The predicted molar refractivity (Wildman–Crippen MR) is 70.7 cm³/mol. The number of hydrazone groups is 1. The van der Waals surface area contributed by atoms with Crippen LogP contribution in [0.25, 0.3) is 0 Å². The molecule has 108 valence electrons. The van der Waals surface area contributed by atoms with Gasteiger partial charge in [-0.3, -0.25) is 9.78 Å². The molecule has 0 saturated carbocycles. The molecule has 0 spiro atoms. The van der Waals surface area contributed by atoms with Gasteiger partial charge in [-0.05, 0) is 29.8 Å². The van der Waals surface area contributed by atoms with Gasteiger partial charge in [0.15, 0.2) is 0 Å². The lowest BCUT2D eigenvalue weighted by Gasteiger charge is -2.06. The molecule has 0 radical (unpaired) electrons. The third-order valence-corrected chi connectivity index (χ3v) is 2.54. The summed E-state index contributed by atoms with van der Waals surface area (Å²) < 4.78 is 37.6. The van der Waals surface area contributed by atoms with Crippen LogP contribution >= 0.6 is 0 Å². The minimum Gasteiger partial charge on any atom is -0.267 e. The molecule has 0 aliphatic heterocycles. The van der Waals surface area contributed by atoms with Crippen molar-refractivity contribution in [1.82, 2.24) is 10.4 Å². The number of hydrogen-bond acceptors (Lipinski definition) is 3. The van der Waals surface area contributed by atoms with Crippen LogP contribution < -0.4 is 5.43 Å². The van der Waals surface area contributed by atoms with Gasteiger partial charge in [-0.25, -0.2) is 5.43 Å². The fraction of sp³-hybridized carbons (Fsp3) is 0.0714. The van der Waals surface area contributed by atoms with Crippen molar-refractivity contribution in [2.75, 3.05) is 0 Å². The van der Waals surface area contributed by atoms with Crippen molar-refractivity contribution in [2.45, 2.75) is 6.18 Å². The molecule has 1 N–H and O–H groups in total. The smallest absolute Gasteiger partial charge is 0.267 e. The van der Waals surface area contributed by atoms with Gasteiger partial charge >= 0.3 is 6.18 Å². The number of halogens is 3. The Morgan fingerprint density at radius 3 is 2.57 bits per heavy atom. The number of benzene rings is 1. The summed E-state index contributed by atoms with van der Waals surface area (Å²) in [5, 5.41) is 3.63. The van der Waals surface area contributed by atoms with E-state index in [1.807, 2.05) is 0 Å². The minimum atomic E-state index is -4.41. The van der Waals surface area contributed by atoms with Crippen molar-refractivity contribution < 1.29 is 18.0 Å². The van der Waals surface area contributed by atoms with Crippen LogP contribution in [0.1, 0.15) is 21.5 Å². The molecular formula is C14H10F3N3O. The molecule has 1 aromatic carbocycles. The van der Waals surface area contributed by atoms with Crippen molar-refractivity contribution in [2.24, 2.45) is 5.10 Å². The minimum absolute atomic E-state index is 0.236. The molecule has 1 aromatic heterocycles. The molecule has 0 atom stereocenters. The summed E-state index contributed by atoms with van der Waals surface area (Å²) in [7, 11) is 0. The molecule has 0 bridgehead atoms. The number of alkyl halides is 3. The summed E-state index contributed by atoms with van der Waals surface area (Å²) in [4.78, 5) is 15.4. The van der Waals surface area contributed by atoms with Crippen LogP contribution in [0.4, 0.5) is 13.2 Å². The quantitative estimate of drug-likeness (QED) is 0.699. The largest absolute Gasteiger partial charge is 0.416 e. The lowest BCUT2D eigenvalue weighted by molar-refractivity contribution is -0.137. The van der Waals surface area contributed by atoms with E-state index < -0.39 is 17.6 Å². The van der Waals surface area contributed by atoms with E-state index in [2.05, 4.69) is 15.5 Å². The molecule has 2 rings (SSSR count). The van der Waals surface area contributed by atoms with Crippen LogP contribution in [0.5, 0.6) is 0 Å². The molecule has 21 heavy (non-hydrogen) atoms. The first-order chi connectivity index (χ1) is 9.97. The van der Waals surface area contributed by atoms with Crippen LogP contribution in [-0.4, -0.2) is 17.1 Å². The van der Waals surface area contributed by atoms with Gasteiger partial charge in [0.1, 0.15) is 0 Å². The van der Waals surface area contributed by atoms with E-state index in [-0.39, 0.29) is 5.56 Å². The summed E-state index contributed by atoms with van der Waals surface area (Å²) in [6.07, 6.45) is -0.366. The lowest BCUT2D eigenvalue weighted by Crippen LogP contribution is -2.17. The average Bonchev–Trinajstić information content (AvgIpc) is 2.47. The summed E-state index contributed by atoms with van der Waals surface area (Å²) in [5.74, 6) is -0.472. The number of nitrogens with zero attached hydrogens (tertiary/aromatic N) is 2. The second kappa shape index (κ2) is 6.17. The Balaban J connectivity index is 2.04. The Morgan fingerprint density at radius 1 is 1.19 bits per heavy atom. The predicted octanol–water partition coefficient (Wildman–Crippen LogP) is 2.86. The van der Waals surface area contributed by atoms with Gasteiger partial charge in [-0.1, -0.05) is 12.1 Å². The van der Waals surface area contributed by atoms with Crippen LogP contribution in [0.3, 0.4) is 0 Å². The molecule has 0 saturated heterocycles. The number of nitrogens with one attached hydrogen (secondary N) is 1. The monoisotopic (exact) mass is 293 g/mol. The highest BCUT2D eigenvalue weighted by Gasteiger charge is 2.30. The van der Waals surface area contributed by atoms with E-state index in [0.717, 1.165) is 18.3 Å². The third-order valence-electron chi connectivity index (χ3n) is 2.54. The van der Waals surface area contributed by atoms with Gasteiger partial charge in [0.05, 0.1) is 11.8 Å². The van der Waals surface area contributed by atoms with E-state index in [1.54, 1.807) is 0 Å². The molecule has 0 aliphatic rings. The van der Waals surface area contributed by atoms with E-state index in [4.69, 9.17) is 0 Å². The summed E-state index contributed by atoms with van der Waals surface area (Å²) >= 11 is 0. The average molecular weight is 293 g/mol. The molecule has 2 aromatic rings. The first kappa shape index (κ1) is 14.7. The maximum atomic E-state index is 12.5. The summed E-state index contributed by atoms with van der Waals surface area (Å²) in [6.45, 7) is 0. The second-order valence-corrected chi connectivity index (χ2v) is 4.06. The second-order valence-electron chi connectivity index (χ2n) is 4.06. The maximum Gasteiger partial charge on any atom is 0.416 e. The van der Waals surface area contributed by atoms with Crippen LogP contribution in [0, 0.1) is 0 Å². The Kier molecular flexibility index (Phi) is 4.32. The van der Waals surface area contributed by atoms with Gasteiger partial charge < -0.3 is 0 Å². The van der Waals surface area contributed by atoms with Gasteiger partial charge in [0.2, 0.25) is 0 Å². The Hall–Kier alpha value is -2.70. The van der Waals surface area contributed by atoms with Gasteiger partial charge in [0, 0.05) is 18.0 Å². The molecule has 1 amide bonds. The zero-order chi connectivity index (χ0) is 15.3. The standard InChI is InChI=1S/C14H10F3N3O/c15-14(16,17)12-3-1-2-10(8-12)9-19-20-13(21)11-4-6-18-7-5-11/h1-9H,(H,20,21)/b19-9+. The topological polar surface area (TPSA) is 54.4 Å². The van der Waals surface area contributed by atoms with Crippen molar-refractivity contribution in [1.29, 1.82) is 0 Å². The molecular weight excluding hydrogens is 283 g/mol. The SMILES string of the molecule is O=C(N/N=C/c1cccc(C(F)(F)F)c1)c1ccncc1. The number of hydrogen-bond donors (Lipinski definition) is 1. The molecule has 0 fully saturated rings. The van der Waals surface area contributed by atoms with E-state index in [1.165, 1.54) is 36.7 Å². The van der Waals surface area contributed by atoms with Gasteiger partial charge in [-0.15, -0.1) is 0 Å². The van der Waals surface area contributed by atoms with Crippen molar-refractivity contribution in [3.05, 3.63) is 65.5 Å². The van der Waals surface area contributed by atoms with Crippen LogP contribution in [-0.2, 0) is 6.18 Å². The summed E-state index contributed by atoms with van der Waals surface area (Å²) in [6, 6.07) is 7.63. The Morgan fingerprint density at radius 2 is 1.90 bits per heavy atom. The first-order valence-electron chi connectivity index (χ1n) is 5.87. The van der Waals surface area contributed by atoms with Gasteiger partial charge in [-0.2, -0.15) is 18.3 Å². The number of pyridine rings is 1.